The van der Waals surface area contributed by atoms with Gasteiger partial charge in [0.15, 0.2) is 0 Å². The minimum atomic E-state index is 0. The van der Waals surface area contributed by atoms with Gasteiger partial charge in [0.2, 0.25) is 6.41 Å². The van der Waals surface area contributed by atoms with Gasteiger partial charge in [-0.25, -0.2) is 0 Å². The van der Waals surface area contributed by atoms with E-state index in [1.165, 1.54) is 5.69 Å². The molecule has 0 bridgehead atoms. The normalized spacial score (nSPS) is 15.5. The lowest BCUT2D eigenvalue weighted by molar-refractivity contribution is -0.119. The predicted molar refractivity (Wildman–Crippen MR) is 82.8 cm³/mol. The molecule has 4 heteroatoms. The van der Waals surface area contributed by atoms with Crippen molar-refractivity contribution in [2.75, 3.05) is 25.0 Å². The van der Waals surface area contributed by atoms with Gasteiger partial charge in [0.1, 0.15) is 0 Å². The van der Waals surface area contributed by atoms with Crippen molar-refractivity contribution in [2.45, 2.75) is 18.9 Å². The molecule has 0 unspecified atom stereocenters. The average molecular weight is 281 g/mol. The third-order valence-electron chi connectivity index (χ3n) is 3.73. The van der Waals surface area contributed by atoms with Gasteiger partial charge in [-0.2, -0.15) is 0 Å². The SMILES string of the molecule is C=Cc1ccccc1N(C)C1CCN(C=O)CC1.Cl. The number of nitrogens with zero attached hydrogens (tertiary/aromatic N) is 2. The first-order valence-corrected chi connectivity index (χ1v) is 6.40. The Morgan fingerprint density at radius 1 is 1.32 bits per heavy atom. The topological polar surface area (TPSA) is 23.6 Å². The molecule has 0 atom stereocenters. The van der Waals surface area contributed by atoms with Crippen LogP contribution in [-0.2, 0) is 4.79 Å². The number of hydrogen-bond donors (Lipinski definition) is 0. The molecule has 1 heterocycles. The maximum Gasteiger partial charge on any atom is 0.209 e. The maximum atomic E-state index is 10.7. The molecule has 0 aliphatic carbocycles. The quantitative estimate of drug-likeness (QED) is 0.792. The third kappa shape index (κ3) is 3.51. The van der Waals surface area contributed by atoms with Gasteiger partial charge in [-0.1, -0.05) is 30.9 Å². The minimum absolute atomic E-state index is 0. The van der Waals surface area contributed by atoms with Crippen molar-refractivity contribution < 1.29 is 4.79 Å². The van der Waals surface area contributed by atoms with E-state index in [2.05, 4.69) is 36.7 Å². The van der Waals surface area contributed by atoms with Gasteiger partial charge in [0.05, 0.1) is 0 Å². The van der Waals surface area contributed by atoms with Crippen LogP contribution < -0.4 is 4.90 Å². The summed E-state index contributed by atoms with van der Waals surface area (Å²) < 4.78 is 0. The fourth-order valence-corrected chi connectivity index (χ4v) is 2.56. The highest BCUT2D eigenvalue weighted by atomic mass is 35.5. The van der Waals surface area contributed by atoms with Gasteiger partial charge in [-0.15, -0.1) is 12.4 Å². The summed E-state index contributed by atoms with van der Waals surface area (Å²) >= 11 is 0. The molecule has 1 aliphatic heterocycles. The van der Waals surface area contributed by atoms with E-state index in [1.807, 2.05) is 17.0 Å². The molecular formula is C15H21ClN2O. The summed E-state index contributed by atoms with van der Waals surface area (Å²) in [4.78, 5) is 14.9. The molecule has 1 aliphatic rings. The molecule has 1 saturated heterocycles. The van der Waals surface area contributed by atoms with Crippen LogP contribution in [0.2, 0.25) is 0 Å². The number of piperidine rings is 1. The van der Waals surface area contributed by atoms with Crippen molar-refractivity contribution in [1.82, 2.24) is 4.90 Å². The molecule has 3 nitrogen and oxygen atoms in total. The van der Waals surface area contributed by atoms with Crippen LogP contribution in [0.25, 0.3) is 6.08 Å². The molecule has 0 N–H and O–H groups in total. The second kappa shape index (κ2) is 7.19. The first-order valence-electron chi connectivity index (χ1n) is 6.40. The Bertz CT molecular complexity index is 428. The van der Waals surface area contributed by atoms with Gasteiger partial charge in [0, 0.05) is 31.9 Å². The fraction of sp³-hybridized carbons (Fsp3) is 0.400. The van der Waals surface area contributed by atoms with E-state index in [1.54, 1.807) is 0 Å². The Morgan fingerprint density at radius 3 is 2.53 bits per heavy atom. The number of benzene rings is 1. The molecule has 104 valence electrons. The molecule has 2 rings (SSSR count). The van der Waals surface area contributed by atoms with Gasteiger partial charge in [-0.3, -0.25) is 4.79 Å². The van der Waals surface area contributed by atoms with Crippen LogP contribution >= 0.6 is 12.4 Å². The van der Waals surface area contributed by atoms with E-state index in [9.17, 15) is 4.79 Å². The van der Waals surface area contributed by atoms with Gasteiger partial charge in [0.25, 0.3) is 0 Å². The van der Waals surface area contributed by atoms with E-state index < -0.39 is 0 Å². The highest BCUT2D eigenvalue weighted by molar-refractivity contribution is 5.85. The predicted octanol–water partition coefficient (Wildman–Crippen LogP) is 2.81. The van der Waals surface area contributed by atoms with E-state index >= 15 is 0 Å². The Labute approximate surface area is 121 Å². The van der Waals surface area contributed by atoms with E-state index in [0.29, 0.717) is 6.04 Å². The van der Waals surface area contributed by atoms with Crippen molar-refractivity contribution in [3.8, 4) is 0 Å². The van der Waals surface area contributed by atoms with Crippen LogP contribution in [0.1, 0.15) is 18.4 Å². The van der Waals surface area contributed by atoms with Crippen LogP contribution in [0.4, 0.5) is 5.69 Å². The fourth-order valence-electron chi connectivity index (χ4n) is 2.56. The number of para-hydroxylation sites is 1. The van der Waals surface area contributed by atoms with Crippen LogP contribution in [-0.4, -0.2) is 37.5 Å². The lowest BCUT2D eigenvalue weighted by Gasteiger charge is -2.37. The molecule has 0 saturated carbocycles. The van der Waals surface area contributed by atoms with Crippen molar-refractivity contribution >= 4 is 30.6 Å². The number of amides is 1. The zero-order chi connectivity index (χ0) is 13.0. The van der Waals surface area contributed by atoms with E-state index in [0.717, 1.165) is 37.9 Å². The van der Waals surface area contributed by atoms with Gasteiger partial charge < -0.3 is 9.80 Å². The van der Waals surface area contributed by atoms with Crippen molar-refractivity contribution in [1.29, 1.82) is 0 Å². The molecule has 1 fully saturated rings. The average Bonchev–Trinajstić information content (AvgIpc) is 2.46. The Balaban J connectivity index is 0.00000180. The molecule has 1 aromatic carbocycles. The Morgan fingerprint density at radius 2 is 1.95 bits per heavy atom. The third-order valence-corrected chi connectivity index (χ3v) is 3.73. The molecule has 1 amide bonds. The van der Waals surface area contributed by atoms with Crippen molar-refractivity contribution in [3.05, 3.63) is 36.4 Å². The number of carbonyl (C=O) groups excluding carboxylic acids is 1. The highest BCUT2D eigenvalue weighted by Gasteiger charge is 2.22. The molecule has 19 heavy (non-hydrogen) atoms. The zero-order valence-electron chi connectivity index (χ0n) is 11.3. The lowest BCUT2D eigenvalue weighted by atomic mass is 10.0. The number of rotatable bonds is 4. The Kier molecular flexibility index (Phi) is 5.90. The molecule has 0 aromatic heterocycles. The van der Waals surface area contributed by atoms with Crippen molar-refractivity contribution in [3.63, 3.8) is 0 Å². The number of halogens is 1. The lowest BCUT2D eigenvalue weighted by Crippen LogP contribution is -2.43. The molecular weight excluding hydrogens is 260 g/mol. The second-order valence-corrected chi connectivity index (χ2v) is 4.75. The van der Waals surface area contributed by atoms with Crippen molar-refractivity contribution in [2.24, 2.45) is 0 Å². The monoisotopic (exact) mass is 280 g/mol. The number of likely N-dealkylation sites (tertiary alicyclic amines) is 1. The first-order chi connectivity index (χ1) is 8.76. The molecule has 0 radical (unpaired) electrons. The van der Waals surface area contributed by atoms with E-state index in [4.69, 9.17) is 0 Å². The summed E-state index contributed by atoms with van der Waals surface area (Å²) in [5, 5.41) is 0. The number of carbonyl (C=O) groups is 1. The second-order valence-electron chi connectivity index (χ2n) is 4.75. The highest BCUT2D eigenvalue weighted by Crippen LogP contribution is 2.25. The summed E-state index contributed by atoms with van der Waals surface area (Å²) in [5.41, 5.74) is 2.38. The smallest absolute Gasteiger partial charge is 0.209 e. The summed E-state index contributed by atoms with van der Waals surface area (Å²) in [7, 11) is 2.13. The zero-order valence-corrected chi connectivity index (χ0v) is 12.1. The van der Waals surface area contributed by atoms with Crippen LogP contribution in [0.15, 0.2) is 30.8 Å². The number of hydrogen-bond acceptors (Lipinski definition) is 2. The molecule has 1 aromatic rings. The molecule has 0 spiro atoms. The van der Waals surface area contributed by atoms with Gasteiger partial charge >= 0.3 is 0 Å². The summed E-state index contributed by atoms with van der Waals surface area (Å²) in [5.74, 6) is 0. The Hall–Kier alpha value is -1.48. The number of anilines is 1. The largest absolute Gasteiger partial charge is 0.371 e. The standard InChI is InChI=1S/C15H20N2O.ClH/c1-3-13-6-4-5-7-15(13)16(2)14-8-10-17(12-18)11-9-14;/h3-7,12,14H,1,8-11H2,2H3;1H. The van der Waals surface area contributed by atoms with Crippen LogP contribution in [0.3, 0.4) is 0 Å². The minimum Gasteiger partial charge on any atom is -0.371 e. The summed E-state index contributed by atoms with van der Waals surface area (Å²) in [6, 6.07) is 8.80. The first kappa shape index (κ1) is 15.6. The maximum absolute atomic E-state index is 10.7. The van der Waals surface area contributed by atoms with Gasteiger partial charge in [-0.05, 0) is 24.5 Å². The van der Waals surface area contributed by atoms with Crippen LogP contribution in [0.5, 0.6) is 0 Å². The van der Waals surface area contributed by atoms with Crippen LogP contribution in [0, 0.1) is 0 Å². The summed E-state index contributed by atoms with van der Waals surface area (Å²) in [6.45, 7) is 5.58. The van der Waals surface area contributed by atoms with E-state index in [-0.39, 0.29) is 12.4 Å². The summed E-state index contributed by atoms with van der Waals surface area (Å²) in [6.07, 6.45) is 4.90.